The molecular formula is C16H19NO3. The molecule has 0 aliphatic rings. The van der Waals surface area contributed by atoms with E-state index >= 15 is 0 Å². The zero-order chi connectivity index (χ0) is 14.5. The lowest BCUT2D eigenvalue weighted by atomic mass is 10.1. The van der Waals surface area contributed by atoms with Crippen LogP contribution in [0.2, 0.25) is 0 Å². The molecule has 2 aromatic rings. The van der Waals surface area contributed by atoms with E-state index in [-0.39, 0.29) is 0 Å². The molecule has 0 saturated carbocycles. The van der Waals surface area contributed by atoms with Crippen molar-refractivity contribution in [1.29, 1.82) is 0 Å². The first-order valence-corrected chi connectivity index (χ1v) is 6.65. The molecule has 1 heterocycles. The van der Waals surface area contributed by atoms with Gasteiger partial charge in [-0.05, 0) is 43.7 Å². The van der Waals surface area contributed by atoms with Crippen molar-refractivity contribution in [1.82, 2.24) is 4.90 Å². The van der Waals surface area contributed by atoms with E-state index in [0.717, 1.165) is 24.4 Å². The van der Waals surface area contributed by atoms with Crippen molar-refractivity contribution >= 4 is 5.97 Å². The number of aromatic carboxylic acids is 1. The summed E-state index contributed by atoms with van der Waals surface area (Å²) >= 11 is 0. The SMILES string of the molecule is CC(C)N(Cc1ccc(C(=O)O)cc1)Cc1ccco1. The Hall–Kier alpha value is -2.07. The van der Waals surface area contributed by atoms with Crippen LogP contribution in [0.4, 0.5) is 0 Å². The van der Waals surface area contributed by atoms with Crippen LogP contribution in [-0.4, -0.2) is 22.0 Å². The maximum atomic E-state index is 10.8. The fourth-order valence-electron chi connectivity index (χ4n) is 2.01. The van der Waals surface area contributed by atoms with Crippen LogP contribution in [0.5, 0.6) is 0 Å². The normalized spacial score (nSPS) is 11.2. The van der Waals surface area contributed by atoms with Gasteiger partial charge in [-0.3, -0.25) is 4.90 Å². The van der Waals surface area contributed by atoms with Gasteiger partial charge < -0.3 is 9.52 Å². The van der Waals surface area contributed by atoms with E-state index in [1.54, 1.807) is 18.4 Å². The fourth-order valence-corrected chi connectivity index (χ4v) is 2.01. The van der Waals surface area contributed by atoms with Gasteiger partial charge in [-0.2, -0.15) is 0 Å². The Morgan fingerprint density at radius 3 is 2.40 bits per heavy atom. The lowest BCUT2D eigenvalue weighted by Gasteiger charge is -2.25. The average molecular weight is 273 g/mol. The Labute approximate surface area is 118 Å². The molecular weight excluding hydrogens is 254 g/mol. The molecule has 2 rings (SSSR count). The van der Waals surface area contributed by atoms with Gasteiger partial charge in [0.2, 0.25) is 0 Å². The summed E-state index contributed by atoms with van der Waals surface area (Å²) in [6.07, 6.45) is 1.68. The second kappa shape index (κ2) is 6.39. The van der Waals surface area contributed by atoms with Crippen LogP contribution < -0.4 is 0 Å². The van der Waals surface area contributed by atoms with Crippen molar-refractivity contribution in [2.24, 2.45) is 0 Å². The first-order valence-electron chi connectivity index (χ1n) is 6.65. The second-order valence-corrected chi connectivity index (χ2v) is 5.08. The molecule has 0 radical (unpaired) electrons. The van der Waals surface area contributed by atoms with E-state index in [4.69, 9.17) is 9.52 Å². The number of hydrogen-bond donors (Lipinski definition) is 1. The highest BCUT2D eigenvalue weighted by molar-refractivity contribution is 5.87. The third kappa shape index (κ3) is 3.71. The predicted octanol–water partition coefficient (Wildman–Crippen LogP) is 3.39. The van der Waals surface area contributed by atoms with Gasteiger partial charge in [0, 0.05) is 12.6 Å². The van der Waals surface area contributed by atoms with Crippen LogP contribution in [0.15, 0.2) is 47.1 Å². The summed E-state index contributed by atoms with van der Waals surface area (Å²) in [5.74, 6) is 0.0358. The van der Waals surface area contributed by atoms with Gasteiger partial charge in [-0.1, -0.05) is 12.1 Å². The molecule has 1 aromatic carbocycles. The van der Waals surface area contributed by atoms with Crippen molar-refractivity contribution in [2.45, 2.75) is 33.0 Å². The molecule has 1 aromatic heterocycles. The Morgan fingerprint density at radius 1 is 1.20 bits per heavy atom. The summed E-state index contributed by atoms with van der Waals surface area (Å²) in [6.45, 7) is 5.77. The fraction of sp³-hybridized carbons (Fsp3) is 0.312. The van der Waals surface area contributed by atoms with Crippen molar-refractivity contribution in [3.8, 4) is 0 Å². The van der Waals surface area contributed by atoms with Gasteiger partial charge in [0.1, 0.15) is 5.76 Å². The zero-order valence-electron chi connectivity index (χ0n) is 11.7. The van der Waals surface area contributed by atoms with Gasteiger partial charge >= 0.3 is 5.97 Å². The smallest absolute Gasteiger partial charge is 0.335 e. The van der Waals surface area contributed by atoms with Crippen LogP contribution in [-0.2, 0) is 13.1 Å². The molecule has 1 N–H and O–H groups in total. The number of benzene rings is 1. The van der Waals surface area contributed by atoms with Gasteiger partial charge in [0.15, 0.2) is 0 Å². The molecule has 4 heteroatoms. The molecule has 0 amide bonds. The van der Waals surface area contributed by atoms with Crippen molar-refractivity contribution < 1.29 is 14.3 Å². The highest BCUT2D eigenvalue weighted by Crippen LogP contribution is 2.14. The standard InChI is InChI=1S/C16H19NO3/c1-12(2)17(11-15-4-3-9-20-15)10-13-5-7-14(8-6-13)16(18)19/h3-9,12H,10-11H2,1-2H3,(H,18,19). The number of nitrogens with zero attached hydrogens (tertiary/aromatic N) is 1. The first kappa shape index (κ1) is 14.3. The van der Waals surface area contributed by atoms with Crippen molar-refractivity contribution in [3.63, 3.8) is 0 Å². The first-order chi connectivity index (χ1) is 9.56. The van der Waals surface area contributed by atoms with Gasteiger partial charge in [0.05, 0.1) is 18.4 Å². The number of rotatable bonds is 6. The molecule has 4 nitrogen and oxygen atoms in total. The van der Waals surface area contributed by atoms with E-state index in [1.165, 1.54) is 0 Å². The quantitative estimate of drug-likeness (QED) is 0.876. The summed E-state index contributed by atoms with van der Waals surface area (Å²) in [5.41, 5.74) is 1.41. The summed E-state index contributed by atoms with van der Waals surface area (Å²) in [5, 5.41) is 8.89. The van der Waals surface area contributed by atoms with Crippen LogP contribution >= 0.6 is 0 Å². The number of carbonyl (C=O) groups is 1. The molecule has 0 atom stereocenters. The average Bonchev–Trinajstić information content (AvgIpc) is 2.91. The van der Waals surface area contributed by atoms with Gasteiger partial charge in [-0.25, -0.2) is 4.79 Å². The van der Waals surface area contributed by atoms with Crippen LogP contribution in [0.25, 0.3) is 0 Å². The Morgan fingerprint density at radius 2 is 1.90 bits per heavy atom. The lowest BCUT2D eigenvalue weighted by Crippen LogP contribution is -2.29. The Bertz CT molecular complexity index is 544. The topological polar surface area (TPSA) is 53.7 Å². The minimum absolute atomic E-state index is 0.316. The third-order valence-corrected chi connectivity index (χ3v) is 3.26. The summed E-state index contributed by atoms with van der Waals surface area (Å²) < 4.78 is 5.38. The Balaban J connectivity index is 2.06. The van der Waals surface area contributed by atoms with E-state index < -0.39 is 5.97 Å². The molecule has 0 aliphatic heterocycles. The van der Waals surface area contributed by atoms with Crippen LogP contribution in [0, 0.1) is 0 Å². The molecule has 0 saturated heterocycles. The molecule has 106 valence electrons. The maximum absolute atomic E-state index is 10.8. The minimum atomic E-state index is -0.896. The minimum Gasteiger partial charge on any atom is -0.478 e. The van der Waals surface area contributed by atoms with E-state index in [2.05, 4.69) is 18.7 Å². The highest BCUT2D eigenvalue weighted by atomic mass is 16.4. The molecule has 0 spiro atoms. The highest BCUT2D eigenvalue weighted by Gasteiger charge is 2.12. The zero-order valence-corrected chi connectivity index (χ0v) is 11.7. The van der Waals surface area contributed by atoms with Gasteiger partial charge in [-0.15, -0.1) is 0 Å². The number of hydrogen-bond acceptors (Lipinski definition) is 3. The lowest BCUT2D eigenvalue weighted by molar-refractivity contribution is 0.0697. The van der Waals surface area contributed by atoms with Gasteiger partial charge in [0.25, 0.3) is 0 Å². The van der Waals surface area contributed by atoms with Crippen LogP contribution in [0.1, 0.15) is 35.5 Å². The summed E-state index contributed by atoms with van der Waals surface area (Å²) in [4.78, 5) is 13.1. The number of furan rings is 1. The van der Waals surface area contributed by atoms with E-state index in [1.807, 2.05) is 24.3 Å². The summed E-state index contributed by atoms with van der Waals surface area (Å²) in [7, 11) is 0. The van der Waals surface area contributed by atoms with E-state index in [0.29, 0.717) is 11.6 Å². The second-order valence-electron chi connectivity index (χ2n) is 5.08. The Kier molecular flexibility index (Phi) is 4.58. The molecule has 0 bridgehead atoms. The monoisotopic (exact) mass is 273 g/mol. The van der Waals surface area contributed by atoms with E-state index in [9.17, 15) is 4.79 Å². The maximum Gasteiger partial charge on any atom is 0.335 e. The summed E-state index contributed by atoms with van der Waals surface area (Å²) in [6, 6.07) is 11.2. The molecule has 0 aliphatic carbocycles. The van der Waals surface area contributed by atoms with Crippen molar-refractivity contribution in [3.05, 3.63) is 59.5 Å². The molecule has 0 fully saturated rings. The number of carboxylic acids is 1. The van der Waals surface area contributed by atoms with Crippen LogP contribution in [0.3, 0.4) is 0 Å². The molecule has 0 unspecified atom stereocenters. The third-order valence-electron chi connectivity index (χ3n) is 3.26. The van der Waals surface area contributed by atoms with Crippen molar-refractivity contribution in [2.75, 3.05) is 0 Å². The predicted molar refractivity (Wildman–Crippen MR) is 76.5 cm³/mol. The molecule has 20 heavy (non-hydrogen) atoms. The number of carboxylic acid groups (broad SMARTS) is 1. The largest absolute Gasteiger partial charge is 0.478 e.